The molecule has 0 saturated heterocycles. The second-order valence-electron chi connectivity index (χ2n) is 13.2. The minimum atomic E-state index is 0.988. The summed E-state index contributed by atoms with van der Waals surface area (Å²) in [5, 5.41) is 7.59. The van der Waals surface area contributed by atoms with Crippen LogP contribution >= 0.6 is 0 Å². The summed E-state index contributed by atoms with van der Waals surface area (Å²) in [4.78, 5) is 4.72. The van der Waals surface area contributed by atoms with Crippen LogP contribution in [-0.2, 0) is 0 Å². The molecule has 0 atom stereocenters. The molecule has 0 aliphatic rings. The van der Waals surface area contributed by atoms with Crippen molar-refractivity contribution in [3.05, 3.63) is 176 Å². The number of rotatable bonds is 4. The van der Waals surface area contributed by atoms with Crippen molar-refractivity contribution in [2.75, 3.05) is 0 Å². The summed E-state index contributed by atoms with van der Waals surface area (Å²) in [6, 6.07) is 61.7. The Morgan fingerprint density at radius 2 is 0.880 bits per heavy atom. The second-order valence-corrected chi connectivity index (χ2v) is 13.2. The Hall–Kier alpha value is -6.71. The lowest BCUT2D eigenvalue weighted by Crippen LogP contribution is -1.94. The van der Waals surface area contributed by atoms with Crippen LogP contribution in [-0.4, -0.2) is 14.0 Å². The average Bonchev–Trinajstić information content (AvgIpc) is 3.83. The lowest BCUT2D eigenvalue weighted by atomic mass is 9.93. The van der Waals surface area contributed by atoms with E-state index in [0.717, 1.165) is 16.9 Å². The third-order valence-corrected chi connectivity index (χ3v) is 10.5. The first-order chi connectivity index (χ1) is 24.8. The van der Waals surface area contributed by atoms with Crippen molar-refractivity contribution in [2.24, 2.45) is 0 Å². The molecule has 0 radical (unpaired) electrons. The summed E-state index contributed by atoms with van der Waals surface area (Å²) in [5.41, 5.74) is 14.3. The molecule has 7 aromatic carbocycles. The zero-order chi connectivity index (χ0) is 32.8. The second kappa shape index (κ2) is 10.4. The fourth-order valence-electron chi connectivity index (χ4n) is 8.33. The van der Waals surface area contributed by atoms with Gasteiger partial charge in [0.15, 0.2) is 0 Å². The molecule has 0 saturated carbocycles. The molecule has 11 aromatic rings. The molecule has 0 amide bonds. The van der Waals surface area contributed by atoms with Crippen LogP contribution in [0.25, 0.3) is 99.1 Å². The topological polar surface area (TPSA) is 22.2 Å². The fourth-order valence-corrected chi connectivity index (χ4v) is 8.33. The van der Waals surface area contributed by atoms with Crippen LogP contribution in [0.2, 0.25) is 0 Å². The van der Waals surface area contributed by atoms with Crippen LogP contribution in [0, 0.1) is 0 Å². The SMILES string of the molecule is c1ccc(-c2cc3c4ccccc4n4c5ccc(-c6ccccc6-c6ccc(-n7c8ccccc8c8ccccc87)cc6)cc5c(c2)c34)nc1. The first-order valence-electron chi connectivity index (χ1n) is 17.1. The van der Waals surface area contributed by atoms with Crippen molar-refractivity contribution in [3.8, 4) is 39.2 Å². The molecule has 0 bridgehead atoms. The van der Waals surface area contributed by atoms with Gasteiger partial charge in [0.1, 0.15) is 0 Å². The van der Waals surface area contributed by atoms with E-state index in [-0.39, 0.29) is 0 Å². The maximum atomic E-state index is 4.72. The minimum absolute atomic E-state index is 0.988. The van der Waals surface area contributed by atoms with Crippen molar-refractivity contribution in [3.63, 3.8) is 0 Å². The van der Waals surface area contributed by atoms with Gasteiger partial charge in [0.25, 0.3) is 0 Å². The summed E-state index contributed by atoms with van der Waals surface area (Å²) < 4.78 is 4.82. The van der Waals surface area contributed by atoms with Crippen molar-refractivity contribution in [1.29, 1.82) is 0 Å². The maximum Gasteiger partial charge on any atom is 0.0702 e. The predicted octanol–water partition coefficient (Wildman–Crippen LogP) is 12.3. The van der Waals surface area contributed by atoms with E-state index in [1.54, 1.807) is 0 Å². The van der Waals surface area contributed by atoms with Gasteiger partial charge in [-0.15, -0.1) is 0 Å². The molecule has 232 valence electrons. The van der Waals surface area contributed by atoms with Gasteiger partial charge in [0, 0.05) is 49.8 Å². The Balaban J connectivity index is 1.08. The van der Waals surface area contributed by atoms with E-state index in [0.29, 0.717) is 0 Å². The summed E-state index contributed by atoms with van der Waals surface area (Å²) >= 11 is 0. The monoisotopic (exact) mass is 635 g/mol. The van der Waals surface area contributed by atoms with E-state index in [1.165, 1.54) is 82.2 Å². The van der Waals surface area contributed by atoms with Crippen LogP contribution in [0.1, 0.15) is 0 Å². The maximum absolute atomic E-state index is 4.72. The van der Waals surface area contributed by atoms with E-state index in [1.807, 2.05) is 12.3 Å². The number of benzene rings is 7. The largest absolute Gasteiger partial charge is 0.309 e. The molecule has 4 aromatic heterocycles. The third-order valence-electron chi connectivity index (χ3n) is 10.5. The lowest BCUT2D eigenvalue weighted by Gasteiger charge is -2.13. The first kappa shape index (κ1) is 27.3. The summed E-state index contributed by atoms with van der Waals surface area (Å²) in [7, 11) is 0. The summed E-state index contributed by atoms with van der Waals surface area (Å²) in [6.45, 7) is 0. The number of nitrogens with zero attached hydrogens (tertiary/aromatic N) is 3. The summed E-state index contributed by atoms with van der Waals surface area (Å²) in [5.74, 6) is 0. The van der Waals surface area contributed by atoms with Crippen LogP contribution in [0.5, 0.6) is 0 Å². The highest BCUT2D eigenvalue weighted by atomic mass is 15.0. The Morgan fingerprint density at radius 3 is 1.56 bits per heavy atom. The van der Waals surface area contributed by atoms with Crippen LogP contribution in [0.15, 0.2) is 176 Å². The average molecular weight is 636 g/mol. The fraction of sp³-hybridized carbons (Fsp3) is 0. The molecule has 11 rings (SSSR count). The van der Waals surface area contributed by atoms with Crippen LogP contribution in [0.3, 0.4) is 0 Å². The minimum Gasteiger partial charge on any atom is -0.309 e. The lowest BCUT2D eigenvalue weighted by molar-refractivity contribution is 1.18. The molecule has 3 nitrogen and oxygen atoms in total. The molecular weight excluding hydrogens is 607 g/mol. The number of para-hydroxylation sites is 3. The highest BCUT2D eigenvalue weighted by Gasteiger charge is 2.20. The molecule has 50 heavy (non-hydrogen) atoms. The highest BCUT2D eigenvalue weighted by molar-refractivity contribution is 6.24. The van der Waals surface area contributed by atoms with Gasteiger partial charge in [-0.05, 0) is 89.0 Å². The van der Waals surface area contributed by atoms with Gasteiger partial charge in [0.2, 0.25) is 0 Å². The van der Waals surface area contributed by atoms with E-state index < -0.39 is 0 Å². The van der Waals surface area contributed by atoms with Gasteiger partial charge in [-0.3, -0.25) is 4.98 Å². The normalized spacial score (nSPS) is 12.0. The van der Waals surface area contributed by atoms with Crippen molar-refractivity contribution < 1.29 is 0 Å². The smallest absolute Gasteiger partial charge is 0.0702 e. The van der Waals surface area contributed by atoms with Gasteiger partial charge < -0.3 is 8.97 Å². The Kier molecular flexibility index (Phi) is 5.67. The Bertz CT molecular complexity index is 3020. The number of hydrogen-bond donors (Lipinski definition) is 0. The summed E-state index contributed by atoms with van der Waals surface area (Å²) in [6.07, 6.45) is 1.88. The molecule has 0 unspecified atom stereocenters. The zero-order valence-electron chi connectivity index (χ0n) is 27.1. The van der Waals surface area contributed by atoms with Gasteiger partial charge in [0.05, 0.1) is 33.3 Å². The molecule has 0 aliphatic carbocycles. The van der Waals surface area contributed by atoms with Crippen molar-refractivity contribution in [1.82, 2.24) is 14.0 Å². The zero-order valence-corrected chi connectivity index (χ0v) is 27.1. The number of aromatic nitrogens is 3. The van der Waals surface area contributed by atoms with E-state index in [2.05, 4.69) is 173 Å². The number of pyridine rings is 1. The highest BCUT2D eigenvalue weighted by Crippen LogP contribution is 2.43. The van der Waals surface area contributed by atoms with E-state index >= 15 is 0 Å². The first-order valence-corrected chi connectivity index (χ1v) is 17.1. The van der Waals surface area contributed by atoms with Gasteiger partial charge in [-0.1, -0.05) is 103 Å². The van der Waals surface area contributed by atoms with Crippen LogP contribution in [0.4, 0.5) is 0 Å². The van der Waals surface area contributed by atoms with Crippen LogP contribution < -0.4 is 0 Å². The molecule has 0 N–H and O–H groups in total. The third kappa shape index (κ3) is 3.83. The molecule has 0 fully saturated rings. The molecule has 0 aliphatic heterocycles. The molecule has 3 heteroatoms. The predicted molar refractivity (Wildman–Crippen MR) is 210 cm³/mol. The van der Waals surface area contributed by atoms with Crippen molar-refractivity contribution >= 4 is 59.9 Å². The number of fused-ring (bicyclic) bond motifs is 9. The van der Waals surface area contributed by atoms with Crippen molar-refractivity contribution in [2.45, 2.75) is 0 Å². The molecular formula is C47H29N3. The quantitative estimate of drug-likeness (QED) is 0.189. The molecule has 4 heterocycles. The number of hydrogen-bond acceptors (Lipinski definition) is 1. The van der Waals surface area contributed by atoms with E-state index in [4.69, 9.17) is 4.98 Å². The van der Waals surface area contributed by atoms with Gasteiger partial charge in [-0.25, -0.2) is 0 Å². The van der Waals surface area contributed by atoms with Gasteiger partial charge >= 0.3 is 0 Å². The van der Waals surface area contributed by atoms with Gasteiger partial charge in [-0.2, -0.15) is 0 Å². The Labute approximate surface area is 288 Å². The Morgan fingerprint density at radius 1 is 0.360 bits per heavy atom. The standard InChI is InChI=1S/C47H29N3/c1-2-12-35(34(11-1)30-20-23-33(24-21-30)49-43-17-6-3-13-36(43)37-14-4-7-18-44(37)49)31-22-25-46-39(27-31)41-29-32(42-16-9-10-26-48-42)28-40-38-15-5-8-19-45(38)50(46)47(40)41/h1-29H. The van der Waals surface area contributed by atoms with E-state index in [9.17, 15) is 0 Å². The molecule has 0 spiro atoms.